The first-order chi connectivity index (χ1) is 10.1. The molecule has 1 heterocycles. The fourth-order valence-electron chi connectivity index (χ4n) is 1.91. The summed E-state index contributed by atoms with van der Waals surface area (Å²) in [7, 11) is 0. The van der Waals surface area contributed by atoms with E-state index in [2.05, 4.69) is 0 Å². The number of ketones is 1. The Labute approximate surface area is 121 Å². The molecule has 21 heavy (non-hydrogen) atoms. The first-order valence-electron chi connectivity index (χ1n) is 6.51. The second-order valence-electron chi connectivity index (χ2n) is 4.20. The Balaban J connectivity index is 2.44. The van der Waals surface area contributed by atoms with Crippen molar-refractivity contribution in [1.29, 1.82) is 0 Å². The lowest BCUT2D eigenvalue weighted by Gasteiger charge is -2.26. The quantitative estimate of drug-likeness (QED) is 0.358. The highest BCUT2D eigenvalue weighted by Gasteiger charge is 2.34. The summed E-state index contributed by atoms with van der Waals surface area (Å²) in [4.78, 5) is 22.7. The molecule has 0 saturated heterocycles. The summed E-state index contributed by atoms with van der Waals surface area (Å²) in [6, 6.07) is 3.88. The number of nitrogens with zero attached hydrogens (tertiary/aromatic N) is 1. The third-order valence-corrected chi connectivity index (χ3v) is 2.86. The molecule has 0 aliphatic carbocycles. The maximum absolute atomic E-state index is 12.5. The zero-order valence-corrected chi connectivity index (χ0v) is 11.7. The molecule has 1 aromatic rings. The van der Waals surface area contributed by atoms with Gasteiger partial charge in [-0.15, -0.1) is 0 Å². The Kier molecular flexibility index (Phi) is 4.54. The number of benzene rings is 1. The minimum Gasteiger partial charge on any atom is -0.501 e. The maximum Gasteiger partial charge on any atom is 0.270 e. The molecule has 0 radical (unpaired) electrons. The van der Waals surface area contributed by atoms with Crippen molar-refractivity contribution in [2.75, 3.05) is 13.2 Å². The molecule has 1 unspecified atom stereocenters. The molecule has 112 valence electrons. The molecule has 0 N–H and O–H groups in total. The van der Waals surface area contributed by atoms with Gasteiger partial charge in [0.05, 0.1) is 23.4 Å². The van der Waals surface area contributed by atoms with E-state index in [9.17, 15) is 14.9 Å². The summed E-state index contributed by atoms with van der Waals surface area (Å²) in [6.07, 6.45) is 0.410. The van der Waals surface area contributed by atoms with E-state index in [1.807, 2.05) is 0 Å². The van der Waals surface area contributed by atoms with E-state index in [0.29, 0.717) is 13.2 Å². The van der Waals surface area contributed by atoms with E-state index in [4.69, 9.17) is 14.2 Å². The number of hydrogen-bond donors (Lipinski definition) is 0. The second-order valence-corrected chi connectivity index (χ2v) is 4.20. The van der Waals surface area contributed by atoms with Crippen LogP contribution in [0, 0.1) is 10.1 Å². The summed E-state index contributed by atoms with van der Waals surface area (Å²) in [5.41, 5.74) is 0.147. The first-order valence-corrected chi connectivity index (χ1v) is 6.51. The monoisotopic (exact) mass is 293 g/mol. The number of nitro groups is 1. The first kappa shape index (κ1) is 15.0. The van der Waals surface area contributed by atoms with Crippen molar-refractivity contribution in [3.05, 3.63) is 45.7 Å². The van der Waals surface area contributed by atoms with Crippen LogP contribution < -0.4 is 4.74 Å². The van der Waals surface area contributed by atoms with Crippen LogP contribution in [0.5, 0.6) is 5.75 Å². The lowest BCUT2D eigenvalue weighted by Crippen LogP contribution is -2.32. The summed E-state index contributed by atoms with van der Waals surface area (Å²) in [6.45, 7) is 4.29. The van der Waals surface area contributed by atoms with E-state index < -0.39 is 17.0 Å². The van der Waals surface area contributed by atoms with Crippen molar-refractivity contribution < 1.29 is 23.9 Å². The molecule has 0 spiro atoms. The van der Waals surface area contributed by atoms with Crippen molar-refractivity contribution in [2.24, 2.45) is 0 Å². The number of fused-ring (bicyclic) bond motifs is 1. The lowest BCUT2D eigenvalue weighted by molar-refractivity contribution is -0.384. The molecule has 1 atom stereocenters. The molecular weight excluding hydrogens is 278 g/mol. The third-order valence-electron chi connectivity index (χ3n) is 2.86. The average molecular weight is 293 g/mol. The van der Waals surface area contributed by atoms with Gasteiger partial charge in [0.2, 0.25) is 12.1 Å². The normalized spacial score (nSPS) is 19.0. The molecular formula is C14H15NO6. The number of carbonyl (C=O) groups excluding carboxylic acids is 1. The number of non-ortho nitro benzene ring substituents is 1. The second kappa shape index (κ2) is 6.36. The number of Topliss-reactive ketones (excluding diaryl/α,β-unsaturated/α-hetero) is 1. The predicted octanol–water partition coefficient (Wildman–Crippen LogP) is 2.45. The van der Waals surface area contributed by atoms with Gasteiger partial charge in [-0.3, -0.25) is 14.9 Å². The zero-order chi connectivity index (χ0) is 15.4. The van der Waals surface area contributed by atoms with Gasteiger partial charge in [-0.05, 0) is 19.9 Å². The minimum atomic E-state index is -0.872. The van der Waals surface area contributed by atoms with Crippen molar-refractivity contribution in [1.82, 2.24) is 0 Å². The Morgan fingerprint density at radius 2 is 2.14 bits per heavy atom. The van der Waals surface area contributed by atoms with Crippen LogP contribution in [0.4, 0.5) is 5.69 Å². The summed E-state index contributed by atoms with van der Waals surface area (Å²) in [5, 5.41) is 10.8. The van der Waals surface area contributed by atoms with E-state index in [0.717, 1.165) is 0 Å². The van der Waals surface area contributed by atoms with Gasteiger partial charge in [0.25, 0.3) is 5.69 Å². The Bertz CT molecular complexity index is 595. The average Bonchev–Trinajstić information content (AvgIpc) is 2.47. The Hall–Kier alpha value is -2.41. The van der Waals surface area contributed by atoms with Crippen molar-refractivity contribution in [2.45, 2.75) is 20.1 Å². The summed E-state index contributed by atoms with van der Waals surface area (Å²) in [5.74, 6) is -0.135. The summed E-state index contributed by atoms with van der Waals surface area (Å²) < 4.78 is 16.1. The highest BCUT2D eigenvalue weighted by atomic mass is 16.7. The number of ether oxygens (including phenoxy) is 3. The fraction of sp³-hybridized carbons (Fsp3) is 0.357. The van der Waals surface area contributed by atoms with Gasteiger partial charge in [0, 0.05) is 18.7 Å². The number of nitro benzene ring substituents is 1. The molecule has 7 heteroatoms. The van der Waals surface area contributed by atoms with Crippen LogP contribution in [-0.4, -0.2) is 30.2 Å². The molecule has 1 aliphatic heterocycles. The molecule has 0 aromatic heterocycles. The third kappa shape index (κ3) is 3.03. The SMILES string of the molecule is CCOC=C1C(=O)c2cc([N+](=O)[O-])ccc2OC1OCC. The van der Waals surface area contributed by atoms with Gasteiger partial charge in [-0.2, -0.15) is 0 Å². The zero-order valence-electron chi connectivity index (χ0n) is 11.7. The molecule has 2 rings (SSSR count). The van der Waals surface area contributed by atoms with Gasteiger partial charge >= 0.3 is 0 Å². The van der Waals surface area contributed by atoms with Crippen LogP contribution in [0.1, 0.15) is 24.2 Å². The van der Waals surface area contributed by atoms with Crippen molar-refractivity contribution >= 4 is 11.5 Å². The van der Waals surface area contributed by atoms with Crippen molar-refractivity contribution in [3.63, 3.8) is 0 Å². The number of carbonyl (C=O) groups is 1. The van der Waals surface area contributed by atoms with E-state index in [-0.39, 0.29) is 22.6 Å². The van der Waals surface area contributed by atoms with Gasteiger partial charge < -0.3 is 14.2 Å². The van der Waals surface area contributed by atoms with Gasteiger partial charge in [0.15, 0.2) is 0 Å². The lowest BCUT2D eigenvalue weighted by atomic mass is 9.99. The molecule has 0 amide bonds. The van der Waals surface area contributed by atoms with Crippen LogP contribution in [0.2, 0.25) is 0 Å². The molecule has 1 aromatic carbocycles. The van der Waals surface area contributed by atoms with E-state index >= 15 is 0 Å². The topological polar surface area (TPSA) is 87.9 Å². The van der Waals surface area contributed by atoms with Crippen LogP contribution in [0.25, 0.3) is 0 Å². The van der Waals surface area contributed by atoms with E-state index in [1.54, 1.807) is 13.8 Å². The fourth-order valence-corrected chi connectivity index (χ4v) is 1.91. The Morgan fingerprint density at radius 1 is 1.38 bits per heavy atom. The highest BCUT2D eigenvalue weighted by Crippen LogP contribution is 2.33. The van der Waals surface area contributed by atoms with Gasteiger partial charge in [-0.25, -0.2) is 0 Å². The minimum absolute atomic E-state index is 0.131. The van der Waals surface area contributed by atoms with E-state index in [1.165, 1.54) is 24.5 Å². The highest BCUT2D eigenvalue weighted by molar-refractivity contribution is 6.12. The molecule has 0 bridgehead atoms. The van der Waals surface area contributed by atoms with Gasteiger partial charge in [0.1, 0.15) is 11.3 Å². The Morgan fingerprint density at radius 3 is 2.76 bits per heavy atom. The van der Waals surface area contributed by atoms with Gasteiger partial charge in [-0.1, -0.05) is 0 Å². The summed E-state index contributed by atoms with van der Waals surface area (Å²) >= 11 is 0. The number of hydrogen-bond acceptors (Lipinski definition) is 6. The molecule has 1 aliphatic rings. The van der Waals surface area contributed by atoms with Crippen LogP contribution in [0.15, 0.2) is 30.0 Å². The van der Waals surface area contributed by atoms with Crippen molar-refractivity contribution in [3.8, 4) is 5.75 Å². The van der Waals surface area contributed by atoms with Crippen LogP contribution in [0.3, 0.4) is 0 Å². The van der Waals surface area contributed by atoms with Crippen LogP contribution in [-0.2, 0) is 9.47 Å². The largest absolute Gasteiger partial charge is 0.501 e. The molecule has 0 fully saturated rings. The maximum atomic E-state index is 12.5. The molecule has 7 nitrogen and oxygen atoms in total. The standard InChI is InChI=1S/C14H15NO6/c1-3-19-8-11-13(16)10-7-9(15(17)18)5-6-12(10)21-14(11)20-4-2/h5-8,14H,3-4H2,1-2H3. The smallest absolute Gasteiger partial charge is 0.270 e. The predicted molar refractivity (Wildman–Crippen MR) is 73.2 cm³/mol. The van der Waals surface area contributed by atoms with Crippen LogP contribution >= 0.6 is 0 Å². The number of rotatable bonds is 5. The molecule has 0 saturated carbocycles.